The molecule has 0 spiro atoms. The fraction of sp³-hybridized carbons (Fsp3) is 0.733. The molecule has 0 saturated heterocycles. The molecule has 0 aromatic heterocycles. The van der Waals surface area contributed by atoms with Crippen molar-refractivity contribution in [1.29, 1.82) is 0 Å². The van der Waals surface area contributed by atoms with Crippen molar-refractivity contribution >= 4 is 0 Å². The van der Waals surface area contributed by atoms with Crippen molar-refractivity contribution < 1.29 is 9.13 Å². The van der Waals surface area contributed by atoms with E-state index in [1.165, 1.54) is 70.6 Å². The average Bonchev–Trinajstić information content (AvgIpc) is 2.82. The average molecular weight is 443 g/mol. The molecule has 1 nitrogen and oxygen atoms in total. The minimum Gasteiger partial charge on any atom is -0.491 e. The van der Waals surface area contributed by atoms with Gasteiger partial charge in [-0.15, -0.1) is 0 Å². The summed E-state index contributed by atoms with van der Waals surface area (Å²) in [6.45, 7) is 5.08. The van der Waals surface area contributed by atoms with Crippen molar-refractivity contribution in [1.82, 2.24) is 0 Å². The van der Waals surface area contributed by atoms with Crippen LogP contribution in [0, 0.1) is 23.6 Å². The Labute approximate surface area is 197 Å². The Balaban J connectivity index is 1.36. The summed E-state index contributed by atoms with van der Waals surface area (Å²) in [7, 11) is 0. The number of halogens is 1. The molecule has 1 aromatic carbocycles. The number of hydrogen-bond donors (Lipinski definition) is 0. The third-order valence-corrected chi connectivity index (χ3v) is 8.06. The van der Waals surface area contributed by atoms with Gasteiger partial charge < -0.3 is 4.74 Å². The van der Waals surface area contributed by atoms with Crippen LogP contribution in [0.2, 0.25) is 0 Å². The van der Waals surface area contributed by atoms with Crippen LogP contribution >= 0.6 is 0 Å². The minimum absolute atomic E-state index is 0.206. The van der Waals surface area contributed by atoms with Crippen molar-refractivity contribution in [3.05, 3.63) is 41.2 Å². The van der Waals surface area contributed by atoms with Crippen molar-refractivity contribution in [2.45, 2.75) is 117 Å². The Bertz CT molecular complexity index is 686. The molecule has 0 heterocycles. The highest BCUT2D eigenvalue weighted by Crippen LogP contribution is 2.41. The summed E-state index contributed by atoms with van der Waals surface area (Å²) >= 11 is 0. The molecule has 1 unspecified atom stereocenters. The van der Waals surface area contributed by atoms with Crippen LogP contribution in [0.25, 0.3) is 0 Å². The lowest BCUT2D eigenvalue weighted by Gasteiger charge is -2.35. The molecule has 2 heteroatoms. The number of unbranched alkanes of at least 4 members (excludes halogenated alkanes) is 4. The first-order valence-corrected chi connectivity index (χ1v) is 13.8. The van der Waals surface area contributed by atoms with Crippen LogP contribution < -0.4 is 4.74 Å². The van der Waals surface area contributed by atoms with E-state index >= 15 is 0 Å². The Morgan fingerprint density at radius 2 is 1.66 bits per heavy atom. The summed E-state index contributed by atoms with van der Waals surface area (Å²) in [5, 5.41) is 0. The SMILES string of the molecule is CCCCCOc1ccc(CCC2=CCC(C3CCC(CCCCC)CC3)CC2)cc1F. The van der Waals surface area contributed by atoms with Gasteiger partial charge in [0.25, 0.3) is 0 Å². The van der Waals surface area contributed by atoms with Gasteiger partial charge in [-0.25, -0.2) is 4.39 Å². The lowest BCUT2D eigenvalue weighted by atomic mass is 9.70. The van der Waals surface area contributed by atoms with Crippen molar-refractivity contribution in [3.63, 3.8) is 0 Å². The second-order valence-corrected chi connectivity index (χ2v) is 10.5. The molecular weight excluding hydrogens is 395 g/mol. The van der Waals surface area contributed by atoms with Gasteiger partial charge in [-0.3, -0.25) is 0 Å². The number of hydrogen-bond acceptors (Lipinski definition) is 1. The van der Waals surface area contributed by atoms with Gasteiger partial charge in [0.05, 0.1) is 6.61 Å². The Morgan fingerprint density at radius 3 is 2.34 bits per heavy atom. The summed E-state index contributed by atoms with van der Waals surface area (Å²) in [6.07, 6.45) is 23.3. The minimum atomic E-state index is -0.206. The lowest BCUT2D eigenvalue weighted by Crippen LogP contribution is -2.23. The molecule has 1 saturated carbocycles. The van der Waals surface area contributed by atoms with Gasteiger partial charge in [0.1, 0.15) is 0 Å². The smallest absolute Gasteiger partial charge is 0.165 e. The summed E-state index contributed by atoms with van der Waals surface area (Å²) < 4.78 is 20.0. The fourth-order valence-electron chi connectivity index (χ4n) is 5.85. The van der Waals surface area contributed by atoms with Crippen molar-refractivity contribution in [2.75, 3.05) is 6.61 Å². The number of rotatable bonds is 13. The molecule has 2 aliphatic rings. The summed E-state index contributed by atoms with van der Waals surface area (Å²) in [4.78, 5) is 0. The van der Waals surface area contributed by atoms with E-state index in [4.69, 9.17) is 4.74 Å². The third kappa shape index (κ3) is 8.23. The van der Waals surface area contributed by atoms with E-state index in [0.29, 0.717) is 12.4 Å². The van der Waals surface area contributed by atoms with E-state index in [1.807, 2.05) is 12.1 Å². The van der Waals surface area contributed by atoms with Gasteiger partial charge in [0.15, 0.2) is 11.6 Å². The van der Waals surface area contributed by atoms with E-state index in [0.717, 1.165) is 55.4 Å². The zero-order valence-corrected chi connectivity index (χ0v) is 20.8. The molecule has 1 aromatic rings. The number of aryl methyl sites for hydroxylation is 1. The first-order chi connectivity index (χ1) is 15.7. The monoisotopic (exact) mass is 442 g/mol. The van der Waals surface area contributed by atoms with Gasteiger partial charge in [-0.2, -0.15) is 0 Å². The van der Waals surface area contributed by atoms with Crippen LogP contribution in [0.1, 0.15) is 116 Å². The normalized spacial score (nSPS) is 23.7. The molecule has 0 N–H and O–H groups in total. The Kier molecular flexibility index (Phi) is 11.1. The van der Waals surface area contributed by atoms with Gasteiger partial charge >= 0.3 is 0 Å². The van der Waals surface area contributed by atoms with Crippen LogP contribution in [0.3, 0.4) is 0 Å². The predicted octanol–water partition coefficient (Wildman–Crippen LogP) is 9.44. The molecule has 1 fully saturated rings. The molecule has 180 valence electrons. The number of ether oxygens (including phenoxy) is 1. The second kappa shape index (κ2) is 14.1. The first kappa shape index (κ1) is 25.3. The molecule has 3 rings (SSSR count). The lowest BCUT2D eigenvalue weighted by molar-refractivity contribution is 0.185. The molecule has 0 bridgehead atoms. The summed E-state index contributed by atoms with van der Waals surface area (Å²) in [6, 6.07) is 5.55. The first-order valence-electron chi connectivity index (χ1n) is 13.8. The third-order valence-electron chi connectivity index (χ3n) is 8.06. The summed E-state index contributed by atoms with van der Waals surface area (Å²) in [5.41, 5.74) is 2.68. The standard InChI is InChI=1S/C30H47FO/c1-3-5-7-9-24-12-17-27(18-13-24)28-19-14-25(15-20-28)10-11-26-16-21-30(29(31)23-26)32-22-8-6-4-2/h14,16,21,23-24,27-28H,3-13,15,17-20,22H2,1-2H3. The Morgan fingerprint density at radius 1 is 0.875 bits per heavy atom. The maximum atomic E-state index is 14.4. The number of allylic oxidation sites excluding steroid dienone is 2. The van der Waals surface area contributed by atoms with Crippen LogP contribution in [0.5, 0.6) is 5.75 Å². The highest BCUT2D eigenvalue weighted by molar-refractivity contribution is 5.30. The molecule has 0 aliphatic heterocycles. The van der Waals surface area contributed by atoms with E-state index in [9.17, 15) is 4.39 Å². The van der Waals surface area contributed by atoms with Gasteiger partial charge in [-0.05, 0) is 86.8 Å². The van der Waals surface area contributed by atoms with Crippen molar-refractivity contribution in [3.8, 4) is 5.75 Å². The molecular formula is C30H47FO. The maximum Gasteiger partial charge on any atom is 0.165 e. The topological polar surface area (TPSA) is 9.23 Å². The predicted molar refractivity (Wildman–Crippen MR) is 135 cm³/mol. The van der Waals surface area contributed by atoms with Crippen LogP contribution in [-0.4, -0.2) is 6.61 Å². The highest BCUT2D eigenvalue weighted by atomic mass is 19.1. The van der Waals surface area contributed by atoms with Crippen LogP contribution in [-0.2, 0) is 6.42 Å². The zero-order chi connectivity index (χ0) is 22.6. The van der Waals surface area contributed by atoms with Crippen LogP contribution in [0.4, 0.5) is 4.39 Å². The fourth-order valence-corrected chi connectivity index (χ4v) is 5.85. The highest BCUT2D eigenvalue weighted by Gasteiger charge is 2.28. The molecule has 1 atom stereocenters. The quantitative estimate of drug-likeness (QED) is 0.218. The molecule has 0 radical (unpaired) electrons. The maximum absolute atomic E-state index is 14.4. The summed E-state index contributed by atoms with van der Waals surface area (Å²) in [5.74, 6) is 3.10. The molecule has 32 heavy (non-hydrogen) atoms. The van der Waals surface area contributed by atoms with Crippen molar-refractivity contribution in [2.24, 2.45) is 17.8 Å². The van der Waals surface area contributed by atoms with Gasteiger partial charge in [0, 0.05) is 0 Å². The van der Waals surface area contributed by atoms with E-state index < -0.39 is 0 Å². The Hall–Kier alpha value is -1.31. The van der Waals surface area contributed by atoms with E-state index in [2.05, 4.69) is 19.9 Å². The van der Waals surface area contributed by atoms with Gasteiger partial charge in [0.2, 0.25) is 0 Å². The van der Waals surface area contributed by atoms with Gasteiger partial charge in [-0.1, -0.05) is 82.9 Å². The number of benzene rings is 1. The molecule has 0 amide bonds. The zero-order valence-electron chi connectivity index (χ0n) is 20.8. The van der Waals surface area contributed by atoms with Crippen LogP contribution in [0.15, 0.2) is 29.8 Å². The van der Waals surface area contributed by atoms with E-state index in [-0.39, 0.29) is 5.82 Å². The molecule has 2 aliphatic carbocycles. The van der Waals surface area contributed by atoms with E-state index in [1.54, 1.807) is 11.6 Å². The second-order valence-electron chi connectivity index (χ2n) is 10.5. The largest absolute Gasteiger partial charge is 0.491 e.